The molecule has 1 atom stereocenters. The second-order valence-electron chi connectivity index (χ2n) is 4.09. The fourth-order valence-electron chi connectivity index (χ4n) is 1.62. The molecule has 0 saturated heterocycles. The summed E-state index contributed by atoms with van der Waals surface area (Å²) in [6.07, 6.45) is 3.54. The number of nitrogens with one attached hydrogen (secondary N) is 2. The lowest BCUT2D eigenvalue weighted by atomic mass is 10.1. The average molecular weight is 215 g/mol. The zero-order valence-electron chi connectivity index (χ0n) is 9.70. The molecular formula is C13H17N3. The maximum absolute atomic E-state index is 3.99. The van der Waals surface area contributed by atoms with Crippen LogP contribution in [-0.2, 0) is 6.54 Å². The third kappa shape index (κ3) is 2.70. The van der Waals surface area contributed by atoms with Crippen LogP contribution in [0.3, 0.4) is 0 Å². The number of benzene rings is 1. The molecule has 2 aromatic rings. The van der Waals surface area contributed by atoms with Gasteiger partial charge < -0.3 is 10.3 Å². The van der Waals surface area contributed by atoms with Crippen LogP contribution < -0.4 is 5.32 Å². The predicted molar refractivity (Wildman–Crippen MR) is 65.0 cm³/mol. The van der Waals surface area contributed by atoms with Crippen molar-refractivity contribution < 1.29 is 0 Å². The molecule has 0 amide bonds. The Morgan fingerprint density at radius 1 is 1.31 bits per heavy atom. The van der Waals surface area contributed by atoms with Gasteiger partial charge in [0.2, 0.25) is 0 Å². The first-order valence-corrected chi connectivity index (χ1v) is 5.53. The van der Waals surface area contributed by atoms with Gasteiger partial charge in [-0.1, -0.05) is 29.8 Å². The zero-order chi connectivity index (χ0) is 11.4. The van der Waals surface area contributed by atoms with E-state index in [0.717, 1.165) is 12.2 Å². The Hall–Kier alpha value is -1.61. The highest BCUT2D eigenvalue weighted by Crippen LogP contribution is 2.13. The van der Waals surface area contributed by atoms with E-state index in [-0.39, 0.29) is 0 Å². The zero-order valence-corrected chi connectivity index (χ0v) is 9.70. The molecule has 3 nitrogen and oxygen atoms in total. The fraction of sp³-hybridized carbons (Fsp3) is 0.308. The van der Waals surface area contributed by atoms with Gasteiger partial charge in [-0.2, -0.15) is 0 Å². The van der Waals surface area contributed by atoms with E-state index in [4.69, 9.17) is 0 Å². The highest BCUT2D eigenvalue weighted by Gasteiger charge is 2.04. The van der Waals surface area contributed by atoms with Crippen molar-refractivity contribution >= 4 is 0 Å². The molecular weight excluding hydrogens is 198 g/mol. The molecule has 0 bridgehead atoms. The van der Waals surface area contributed by atoms with Gasteiger partial charge in [0.15, 0.2) is 0 Å². The largest absolute Gasteiger partial charge is 0.347 e. The molecule has 0 aliphatic rings. The standard InChI is InChI=1S/C13H17N3/c1-10-3-5-12(6-4-10)11(2)15-8-13-7-14-9-16-13/h3-7,9,11,15H,8H2,1-2H3,(H,14,16). The molecule has 0 radical (unpaired) electrons. The third-order valence-electron chi connectivity index (χ3n) is 2.73. The Morgan fingerprint density at radius 3 is 2.69 bits per heavy atom. The molecule has 2 rings (SSSR count). The number of aromatic nitrogens is 2. The Labute approximate surface area is 95.9 Å². The minimum absolute atomic E-state index is 0.351. The topological polar surface area (TPSA) is 40.7 Å². The molecule has 3 heteroatoms. The van der Waals surface area contributed by atoms with Gasteiger partial charge in [-0.3, -0.25) is 0 Å². The van der Waals surface area contributed by atoms with Crippen LogP contribution in [0.25, 0.3) is 0 Å². The first-order chi connectivity index (χ1) is 7.75. The Kier molecular flexibility index (Phi) is 3.37. The van der Waals surface area contributed by atoms with Crippen LogP contribution in [0.15, 0.2) is 36.8 Å². The molecule has 0 aliphatic heterocycles. The third-order valence-corrected chi connectivity index (χ3v) is 2.73. The van der Waals surface area contributed by atoms with Crippen molar-refractivity contribution in [2.75, 3.05) is 0 Å². The number of aromatic amines is 1. The van der Waals surface area contributed by atoms with Crippen LogP contribution in [-0.4, -0.2) is 9.97 Å². The molecule has 1 heterocycles. The van der Waals surface area contributed by atoms with Gasteiger partial charge in [0.25, 0.3) is 0 Å². The van der Waals surface area contributed by atoms with Gasteiger partial charge >= 0.3 is 0 Å². The Balaban J connectivity index is 1.93. The van der Waals surface area contributed by atoms with Crippen LogP contribution in [0.5, 0.6) is 0 Å². The van der Waals surface area contributed by atoms with Gasteiger partial charge in [0.1, 0.15) is 0 Å². The monoisotopic (exact) mass is 215 g/mol. The summed E-state index contributed by atoms with van der Waals surface area (Å²) < 4.78 is 0. The summed E-state index contributed by atoms with van der Waals surface area (Å²) in [6, 6.07) is 8.97. The highest BCUT2D eigenvalue weighted by molar-refractivity contribution is 5.23. The van der Waals surface area contributed by atoms with E-state index >= 15 is 0 Å². The lowest BCUT2D eigenvalue weighted by Crippen LogP contribution is -2.18. The molecule has 2 N–H and O–H groups in total. The number of hydrogen-bond acceptors (Lipinski definition) is 2. The first-order valence-electron chi connectivity index (χ1n) is 5.53. The van der Waals surface area contributed by atoms with Crippen molar-refractivity contribution in [3.8, 4) is 0 Å². The summed E-state index contributed by atoms with van der Waals surface area (Å²) in [6.45, 7) is 5.09. The van der Waals surface area contributed by atoms with Crippen molar-refractivity contribution in [3.05, 3.63) is 53.6 Å². The maximum Gasteiger partial charge on any atom is 0.0922 e. The summed E-state index contributed by atoms with van der Waals surface area (Å²) in [7, 11) is 0. The van der Waals surface area contributed by atoms with E-state index in [1.165, 1.54) is 11.1 Å². The summed E-state index contributed by atoms with van der Waals surface area (Å²) in [5.41, 5.74) is 3.72. The lowest BCUT2D eigenvalue weighted by Gasteiger charge is -2.13. The van der Waals surface area contributed by atoms with Gasteiger partial charge in [-0.15, -0.1) is 0 Å². The van der Waals surface area contributed by atoms with Crippen molar-refractivity contribution in [3.63, 3.8) is 0 Å². The van der Waals surface area contributed by atoms with Crippen LogP contribution in [0, 0.1) is 6.92 Å². The van der Waals surface area contributed by atoms with E-state index in [1.807, 2.05) is 6.20 Å². The van der Waals surface area contributed by atoms with Gasteiger partial charge in [-0.05, 0) is 19.4 Å². The van der Waals surface area contributed by atoms with E-state index in [0.29, 0.717) is 6.04 Å². The van der Waals surface area contributed by atoms with E-state index in [1.54, 1.807) is 6.33 Å². The minimum Gasteiger partial charge on any atom is -0.347 e. The number of rotatable bonds is 4. The van der Waals surface area contributed by atoms with Crippen molar-refractivity contribution in [1.82, 2.24) is 15.3 Å². The molecule has 0 saturated carbocycles. The second kappa shape index (κ2) is 4.94. The molecule has 1 unspecified atom stereocenters. The Morgan fingerprint density at radius 2 is 2.06 bits per heavy atom. The van der Waals surface area contributed by atoms with E-state index in [2.05, 4.69) is 53.4 Å². The van der Waals surface area contributed by atoms with Crippen molar-refractivity contribution in [1.29, 1.82) is 0 Å². The molecule has 0 fully saturated rings. The van der Waals surface area contributed by atoms with E-state index in [9.17, 15) is 0 Å². The molecule has 16 heavy (non-hydrogen) atoms. The SMILES string of the molecule is Cc1ccc(C(C)NCc2cnc[nH]2)cc1. The van der Waals surface area contributed by atoms with E-state index < -0.39 is 0 Å². The molecule has 0 aliphatic carbocycles. The molecule has 1 aromatic carbocycles. The minimum atomic E-state index is 0.351. The summed E-state index contributed by atoms with van der Waals surface area (Å²) in [4.78, 5) is 7.07. The fourth-order valence-corrected chi connectivity index (χ4v) is 1.62. The quantitative estimate of drug-likeness (QED) is 0.823. The smallest absolute Gasteiger partial charge is 0.0922 e. The predicted octanol–water partition coefficient (Wildman–Crippen LogP) is 2.57. The molecule has 0 spiro atoms. The molecule has 84 valence electrons. The van der Waals surface area contributed by atoms with Crippen LogP contribution in [0.1, 0.15) is 29.8 Å². The van der Waals surface area contributed by atoms with Crippen LogP contribution in [0.4, 0.5) is 0 Å². The second-order valence-corrected chi connectivity index (χ2v) is 4.09. The molecule has 1 aromatic heterocycles. The number of nitrogens with zero attached hydrogens (tertiary/aromatic N) is 1. The van der Waals surface area contributed by atoms with Crippen LogP contribution >= 0.6 is 0 Å². The highest BCUT2D eigenvalue weighted by atomic mass is 14.9. The normalized spacial score (nSPS) is 12.6. The first kappa shape index (κ1) is 10.9. The number of H-pyrrole nitrogens is 1. The number of aryl methyl sites for hydroxylation is 1. The van der Waals surface area contributed by atoms with Gasteiger partial charge in [0, 0.05) is 24.5 Å². The lowest BCUT2D eigenvalue weighted by molar-refractivity contribution is 0.569. The van der Waals surface area contributed by atoms with Gasteiger partial charge in [-0.25, -0.2) is 4.98 Å². The number of imidazole rings is 1. The van der Waals surface area contributed by atoms with Crippen molar-refractivity contribution in [2.45, 2.75) is 26.4 Å². The maximum atomic E-state index is 3.99. The summed E-state index contributed by atoms with van der Waals surface area (Å²) in [5.74, 6) is 0. The van der Waals surface area contributed by atoms with Gasteiger partial charge in [0.05, 0.1) is 6.33 Å². The Bertz CT molecular complexity index is 417. The average Bonchev–Trinajstić information content (AvgIpc) is 2.80. The van der Waals surface area contributed by atoms with Crippen LogP contribution in [0.2, 0.25) is 0 Å². The van der Waals surface area contributed by atoms with Crippen molar-refractivity contribution in [2.24, 2.45) is 0 Å². The summed E-state index contributed by atoms with van der Waals surface area (Å²) >= 11 is 0. The number of hydrogen-bond donors (Lipinski definition) is 2. The summed E-state index contributed by atoms with van der Waals surface area (Å²) in [5, 5.41) is 3.45.